The van der Waals surface area contributed by atoms with Gasteiger partial charge < -0.3 is 28.9 Å². The number of piperazine rings is 1. The van der Waals surface area contributed by atoms with Crippen LogP contribution in [0.3, 0.4) is 0 Å². The molecule has 1 aromatic heterocycles. The number of carbonyl (C=O) groups excluding carboxylic acids is 1. The number of benzene rings is 2. The highest BCUT2D eigenvalue weighted by molar-refractivity contribution is 6.36. The Morgan fingerprint density at radius 3 is 2.69 bits per heavy atom. The molecular weight excluding hydrogens is 630 g/mol. The summed E-state index contributed by atoms with van der Waals surface area (Å²) in [6.45, 7) is 19.5. The predicted molar refractivity (Wildman–Crippen MR) is 186 cm³/mol. The summed E-state index contributed by atoms with van der Waals surface area (Å²) >= 11 is 6.73. The molecule has 12 heteroatoms. The number of likely N-dealkylation sites (tertiary alicyclic amines) is 1. The molecule has 4 aliphatic heterocycles. The van der Waals surface area contributed by atoms with Gasteiger partial charge in [0.05, 0.1) is 36.6 Å². The van der Waals surface area contributed by atoms with Gasteiger partial charge in [-0.05, 0) is 57.6 Å². The summed E-state index contributed by atoms with van der Waals surface area (Å²) < 4.78 is 17.7. The van der Waals surface area contributed by atoms with Crippen LogP contribution < -0.4 is 14.5 Å². The van der Waals surface area contributed by atoms with Crippen molar-refractivity contribution in [3.8, 4) is 6.01 Å². The quantitative estimate of drug-likeness (QED) is 0.229. The zero-order chi connectivity index (χ0) is 33.4. The number of morpholine rings is 1. The van der Waals surface area contributed by atoms with E-state index in [9.17, 15) is 4.79 Å². The van der Waals surface area contributed by atoms with Crippen molar-refractivity contribution in [2.45, 2.75) is 70.4 Å². The van der Waals surface area contributed by atoms with Crippen molar-refractivity contribution in [2.24, 2.45) is 0 Å². The Morgan fingerprint density at radius 2 is 1.94 bits per heavy atom. The fourth-order valence-corrected chi connectivity index (χ4v) is 7.79. The van der Waals surface area contributed by atoms with Gasteiger partial charge in [0.25, 0.3) is 0 Å². The first kappa shape index (κ1) is 32.7. The highest BCUT2D eigenvalue weighted by Gasteiger charge is 2.39. The molecule has 11 nitrogen and oxygen atoms in total. The van der Waals surface area contributed by atoms with E-state index in [0.717, 1.165) is 84.1 Å². The van der Waals surface area contributed by atoms with Gasteiger partial charge in [0.2, 0.25) is 6.54 Å². The van der Waals surface area contributed by atoms with Crippen LogP contribution in [0.25, 0.3) is 15.6 Å². The molecule has 0 saturated carbocycles. The van der Waals surface area contributed by atoms with Gasteiger partial charge in [0.15, 0.2) is 0 Å². The molecule has 0 aliphatic carbocycles. The summed E-state index contributed by atoms with van der Waals surface area (Å²) in [6, 6.07) is 12.9. The summed E-state index contributed by atoms with van der Waals surface area (Å²) in [7, 11) is 0. The fraction of sp³-hybridized carbons (Fsp3) is 0.556. The number of hydrogen-bond acceptors (Lipinski definition) is 9. The minimum atomic E-state index is -0.614. The molecule has 5 heterocycles. The van der Waals surface area contributed by atoms with E-state index in [2.05, 4.69) is 43.8 Å². The second-order valence-electron chi connectivity index (χ2n) is 14.2. The maximum Gasteiger partial charge on any atom is 0.410 e. The fourth-order valence-electron chi connectivity index (χ4n) is 7.51. The van der Waals surface area contributed by atoms with Gasteiger partial charge in [-0.25, -0.2) is 11.4 Å². The number of fused-ring (bicyclic) bond motifs is 4. The van der Waals surface area contributed by atoms with Crippen molar-refractivity contribution < 1.29 is 19.0 Å². The molecule has 0 spiro atoms. The highest BCUT2D eigenvalue weighted by atomic mass is 35.5. The molecule has 7 rings (SSSR count). The van der Waals surface area contributed by atoms with Crippen LogP contribution in [0.5, 0.6) is 6.01 Å². The Hall–Kier alpha value is -3.85. The maximum absolute atomic E-state index is 13.1. The average molecular weight is 674 g/mol. The Morgan fingerprint density at radius 1 is 1.10 bits per heavy atom. The van der Waals surface area contributed by atoms with E-state index >= 15 is 0 Å². The smallest absolute Gasteiger partial charge is 0.410 e. The van der Waals surface area contributed by atoms with Crippen molar-refractivity contribution in [3.63, 3.8) is 0 Å². The number of halogens is 1. The molecule has 0 radical (unpaired) electrons. The van der Waals surface area contributed by atoms with Crippen molar-refractivity contribution in [2.75, 3.05) is 68.8 Å². The number of ether oxygens (including phenoxy) is 3. The molecule has 3 aromatic rings. The van der Waals surface area contributed by atoms with Gasteiger partial charge in [0, 0.05) is 61.9 Å². The van der Waals surface area contributed by atoms with E-state index in [1.54, 1.807) is 4.90 Å². The molecule has 3 atom stereocenters. The number of hydrogen-bond donors (Lipinski definition) is 0. The summed E-state index contributed by atoms with van der Waals surface area (Å²) in [5.41, 5.74) is 2.48. The number of rotatable bonds is 8. The van der Waals surface area contributed by atoms with E-state index in [1.807, 2.05) is 32.9 Å². The SMILES string of the molecule is [C-]#[N+]C[C@H]1CN(c2nc(OCCCN3C[C@@H]4C[C@H]3CO4)nc3c2CCN(c2cccc4cccc(Cl)c24)C3)CCN1C(=O)OC(C)(C)C. The zero-order valence-electron chi connectivity index (χ0n) is 28.0. The zero-order valence-corrected chi connectivity index (χ0v) is 28.8. The Labute approximate surface area is 287 Å². The molecule has 2 bridgehead atoms. The lowest BCUT2D eigenvalue weighted by molar-refractivity contribution is 0.0155. The van der Waals surface area contributed by atoms with Crippen molar-refractivity contribution in [3.05, 3.63) is 64.1 Å². The minimum absolute atomic E-state index is 0.186. The second kappa shape index (κ2) is 13.6. The number of amides is 1. The Kier molecular flexibility index (Phi) is 9.24. The lowest BCUT2D eigenvalue weighted by Gasteiger charge is -2.41. The van der Waals surface area contributed by atoms with Crippen LogP contribution >= 0.6 is 11.6 Å². The summed E-state index contributed by atoms with van der Waals surface area (Å²) in [4.78, 5) is 35.5. The first-order chi connectivity index (χ1) is 23.2. The molecule has 1 amide bonds. The molecule has 254 valence electrons. The van der Waals surface area contributed by atoms with Gasteiger partial charge in [-0.15, -0.1) is 0 Å². The largest absolute Gasteiger partial charge is 0.463 e. The standard InChI is InChI=1S/C36H44ClN7O4/c1-36(2,3)48-35(45)44-16-15-43(20-26(44)19-38-4)33-28-12-14-42(31-11-6-9-24-8-5-10-29(37)32(24)31)22-30(28)39-34(40-33)46-17-7-13-41-21-27-18-25(41)23-47-27/h5-6,8-11,25-27H,7,12-23H2,1-3H3/t25-,26-,27-/m0/s1. The lowest BCUT2D eigenvalue weighted by Crippen LogP contribution is -2.57. The molecule has 0 unspecified atom stereocenters. The van der Waals surface area contributed by atoms with E-state index < -0.39 is 5.60 Å². The van der Waals surface area contributed by atoms with E-state index in [1.165, 1.54) is 0 Å². The van der Waals surface area contributed by atoms with Crippen LogP contribution in [0.15, 0.2) is 36.4 Å². The highest BCUT2D eigenvalue weighted by Crippen LogP contribution is 2.37. The third-order valence-electron chi connectivity index (χ3n) is 9.74. The topological polar surface area (TPSA) is 87.9 Å². The van der Waals surface area contributed by atoms with E-state index in [0.29, 0.717) is 50.9 Å². The van der Waals surface area contributed by atoms with E-state index in [-0.39, 0.29) is 18.7 Å². The lowest BCUT2D eigenvalue weighted by atomic mass is 10.0. The monoisotopic (exact) mass is 673 g/mol. The van der Waals surface area contributed by atoms with Gasteiger partial charge in [-0.3, -0.25) is 9.80 Å². The third-order valence-corrected chi connectivity index (χ3v) is 10.1. The molecular formula is C36H44ClN7O4. The molecule has 4 aliphatic rings. The van der Waals surface area contributed by atoms with Gasteiger partial charge >= 0.3 is 12.1 Å². The normalized spacial score (nSPS) is 22.6. The van der Waals surface area contributed by atoms with Crippen LogP contribution in [-0.2, 0) is 22.4 Å². The van der Waals surface area contributed by atoms with Crippen LogP contribution in [0.2, 0.25) is 5.02 Å². The van der Waals surface area contributed by atoms with Gasteiger partial charge in [-0.2, -0.15) is 9.97 Å². The number of nitrogens with zero attached hydrogens (tertiary/aromatic N) is 7. The molecule has 48 heavy (non-hydrogen) atoms. The molecule has 3 saturated heterocycles. The number of carbonyl (C=O) groups is 1. The van der Waals surface area contributed by atoms with Crippen LogP contribution in [-0.4, -0.2) is 109 Å². The third kappa shape index (κ3) is 6.84. The number of aromatic nitrogens is 2. The Balaban J connectivity index is 1.14. The van der Waals surface area contributed by atoms with Crippen LogP contribution in [0.1, 0.15) is 44.9 Å². The van der Waals surface area contributed by atoms with Gasteiger partial charge in [-0.1, -0.05) is 35.9 Å². The first-order valence-corrected chi connectivity index (χ1v) is 17.4. The van der Waals surface area contributed by atoms with Crippen molar-refractivity contribution in [1.82, 2.24) is 19.8 Å². The van der Waals surface area contributed by atoms with Gasteiger partial charge in [0.1, 0.15) is 17.5 Å². The summed E-state index contributed by atoms with van der Waals surface area (Å²) in [5.74, 6) is 0.832. The van der Waals surface area contributed by atoms with Crippen molar-refractivity contribution >= 4 is 40.0 Å². The minimum Gasteiger partial charge on any atom is -0.463 e. The predicted octanol–water partition coefficient (Wildman–Crippen LogP) is 5.43. The first-order valence-electron chi connectivity index (χ1n) is 17.0. The van der Waals surface area contributed by atoms with Crippen molar-refractivity contribution in [1.29, 1.82) is 0 Å². The van der Waals surface area contributed by atoms with Crippen LogP contribution in [0, 0.1) is 6.57 Å². The second-order valence-corrected chi connectivity index (χ2v) is 14.6. The molecule has 0 N–H and O–H groups in total. The number of anilines is 2. The van der Waals surface area contributed by atoms with Crippen LogP contribution in [0.4, 0.5) is 16.3 Å². The average Bonchev–Trinajstić information content (AvgIpc) is 3.69. The molecule has 3 fully saturated rings. The Bertz CT molecular complexity index is 1700. The molecule has 2 aromatic carbocycles. The summed E-state index contributed by atoms with van der Waals surface area (Å²) in [6.07, 6.45) is 2.75. The van der Waals surface area contributed by atoms with E-state index in [4.69, 9.17) is 42.4 Å². The maximum atomic E-state index is 13.1. The summed E-state index contributed by atoms with van der Waals surface area (Å²) in [5, 5.41) is 2.87.